The quantitative estimate of drug-likeness (QED) is 0.694. The van der Waals surface area contributed by atoms with Crippen molar-refractivity contribution in [3.05, 3.63) is 59.3 Å². The number of fused-ring (bicyclic) bond motifs is 1. The van der Waals surface area contributed by atoms with Crippen LogP contribution in [-0.2, 0) is 26.6 Å². The van der Waals surface area contributed by atoms with Crippen LogP contribution in [0.2, 0.25) is 0 Å². The van der Waals surface area contributed by atoms with E-state index >= 15 is 0 Å². The van der Waals surface area contributed by atoms with Crippen molar-refractivity contribution in [2.75, 3.05) is 18.5 Å². The molecule has 3 aromatic rings. The molecule has 1 aliphatic heterocycles. The lowest BCUT2D eigenvalue weighted by Gasteiger charge is -2.26. The monoisotopic (exact) mass is 377 g/mol. The Morgan fingerprint density at radius 3 is 2.75 bits per heavy atom. The van der Waals surface area contributed by atoms with Crippen LogP contribution in [0.25, 0.3) is 11.4 Å². The van der Waals surface area contributed by atoms with Crippen LogP contribution in [0.3, 0.4) is 0 Å². The van der Waals surface area contributed by atoms with Gasteiger partial charge in [0.15, 0.2) is 5.82 Å². The first-order valence-electron chi connectivity index (χ1n) is 9.21. The number of primary amides is 1. The fraction of sp³-hybridized carbons (Fsp3) is 0.300. The lowest BCUT2D eigenvalue weighted by atomic mass is 10.1. The average Bonchev–Trinajstić information content (AvgIpc) is 3.11. The highest BCUT2D eigenvalue weighted by Crippen LogP contribution is 2.27. The van der Waals surface area contributed by atoms with Gasteiger partial charge in [0.1, 0.15) is 11.6 Å². The van der Waals surface area contributed by atoms with E-state index in [-0.39, 0.29) is 0 Å². The number of rotatable bonds is 5. The fourth-order valence-corrected chi connectivity index (χ4v) is 3.40. The van der Waals surface area contributed by atoms with E-state index in [0.29, 0.717) is 24.5 Å². The maximum atomic E-state index is 11.3. The minimum absolute atomic E-state index is 0.447. The van der Waals surface area contributed by atoms with E-state index in [0.717, 1.165) is 35.9 Å². The van der Waals surface area contributed by atoms with Crippen molar-refractivity contribution in [1.82, 2.24) is 24.8 Å². The van der Waals surface area contributed by atoms with Crippen LogP contribution in [-0.4, -0.2) is 39.0 Å². The van der Waals surface area contributed by atoms with Crippen molar-refractivity contribution in [3.63, 3.8) is 0 Å². The molecule has 1 aromatic carbocycles. The molecule has 1 aliphatic rings. The molecule has 0 saturated carbocycles. The van der Waals surface area contributed by atoms with Crippen LogP contribution in [0.15, 0.2) is 36.7 Å². The molecular formula is C20H23N7O. The number of aromatic nitrogens is 4. The molecule has 1 amide bonds. The first kappa shape index (κ1) is 18.1. The summed E-state index contributed by atoms with van der Waals surface area (Å²) in [6.07, 6.45) is 4.62. The molecule has 3 heterocycles. The minimum atomic E-state index is -0.447. The molecule has 4 rings (SSSR count). The lowest BCUT2D eigenvalue weighted by molar-refractivity contribution is 0.100. The second-order valence-electron chi connectivity index (χ2n) is 6.97. The number of aryl methyl sites for hydroxylation is 1. The zero-order valence-corrected chi connectivity index (χ0v) is 16.0. The molecule has 0 fully saturated rings. The number of benzene rings is 1. The number of carbonyl (C=O) groups excluding carboxylic acids is 1. The molecule has 0 saturated heterocycles. The van der Waals surface area contributed by atoms with Gasteiger partial charge < -0.3 is 20.5 Å². The fourth-order valence-electron chi connectivity index (χ4n) is 3.40. The van der Waals surface area contributed by atoms with Gasteiger partial charge in [0.05, 0.1) is 12.2 Å². The summed E-state index contributed by atoms with van der Waals surface area (Å²) in [5, 5.41) is 3.38. The van der Waals surface area contributed by atoms with E-state index in [9.17, 15) is 4.79 Å². The number of anilines is 1. The van der Waals surface area contributed by atoms with Crippen LogP contribution in [0, 0.1) is 0 Å². The molecule has 3 N–H and O–H groups in total. The molecule has 0 radical (unpaired) electrons. The van der Waals surface area contributed by atoms with Gasteiger partial charge in [-0.25, -0.2) is 15.0 Å². The van der Waals surface area contributed by atoms with Gasteiger partial charge in [-0.3, -0.25) is 4.79 Å². The average molecular weight is 377 g/mol. The van der Waals surface area contributed by atoms with Gasteiger partial charge in [-0.1, -0.05) is 12.1 Å². The smallest absolute Gasteiger partial charge is 0.248 e. The Balaban J connectivity index is 1.73. The predicted octanol–water partition coefficient (Wildman–Crippen LogP) is 1.26. The molecule has 0 atom stereocenters. The van der Waals surface area contributed by atoms with Crippen LogP contribution >= 0.6 is 0 Å². The summed E-state index contributed by atoms with van der Waals surface area (Å²) >= 11 is 0. The first-order valence-corrected chi connectivity index (χ1v) is 9.21. The van der Waals surface area contributed by atoms with Gasteiger partial charge >= 0.3 is 0 Å². The highest BCUT2D eigenvalue weighted by atomic mass is 16.1. The maximum Gasteiger partial charge on any atom is 0.248 e. The third-order valence-corrected chi connectivity index (χ3v) is 5.00. The number of nitrogens with one attached hydrogen (secondary N) is 1. The van der Waals surface area contributed by atoms with E-state index in [1.165, 1.54) is 5.56 Å². The van der Waals surface area contributed by atoms with Crippen molar-refractivity contribution < 1.29 is 4.79 Å². The molecule has 8 heteroatoms. The molecule has 8 nitrogen and oxygen atoms in total. The molecule has 144 valence electrons. The molecule has 0 aliphatic carbocycles. The second-order valence-corrected chi connectivity index (χ2v) is 6.97. The number of hydrogen-bond acceptors (Lipinski definition) is 6. The minimum Gasteiger partial charge on any atom is -0.366 e. The summed E-state index contributed by atoms with van der Waals surface area (Å²) in [4.78, 5) is 27.5. The third-order valence-electron chi connectivity index (χ3n) is 5.00. The summed E-state index contributed by atoms with van der Waals surface area (Å²) in [6, 6.07) is 7.08. The third kappa shape index (κ3) is 3.46. The molecular weight excluding hydrogens is 354 g/mol. The highest BCUT2D eigenvalue weighted by molar-refractivity contribution is 5.93. The Labute approximate surface area is 163 Å². The number of carbonyl (C=O) groups is 1. The number of imidazole rings is 1. The van der Waals surface area contributed by atoms with Crippen molar-refractivity contribution >= 4 is 11.7 Å². The van der Waals surface area contributed by atoms with Gasteiger partial charge in [0.2, 0.25) is 5.91 Å². The molecule has 28 heavy (non-hydrogen) atoms. The van der Waals surface area contributed by atoms with Crippen LogP contribution in [0.1, 0.15) is 27.4 Å². The van der Waals surface area contributed by atoms with Gasteiger partial charge in [0.25, 0.3) is 0 Å². The zero-order chi connectivity index (χ0) is 19.7. The number of amides is 1. The van der Waals surface area contributed by atoms with E-state index in [1.807, 2.05) is 37.0 Å². The number of nitrogens with two attached hydrogens (primary N) is 1. The first-order chi connectivity index (χ1) is 13.5. The molecule has 0 unspecified atom stereocenters. The molecule has 2 aromatic heterocycles. The summed E-state index contributed by atoms with van der Waals surface area (Å²) in [7, 11) is 4.01. The summed E-state index contributed by atoms with van der Waals surface area (Å²) in [5.74, 6) is 2.08. The van der Waals surface area contributed by atoms with Crippen molar-refractivity contribution in [2.45, 2.75) is 19.5 Å². The van der Waals surface area contributed by atoms with Gasteiger partial charge in [-0.15, -0.1) is 0 Å². The van der Waals surface area contributed by atoms with Gasteiger partial charge in [-0.05, 0) is 25.1 Å². The zero-order valence-electron chi connectivity index (χ0n) is 16.0. The predicted molar refractivity (Wildman–Crippen MR) is 107 cm³/mol. The van der Waals surface area contributed by atoms with Crippen LogP contribution in [0.4, 0.5) is 5.82 Å². The largest absolute Gasteiger partial charge is 0.366 e. The Morgan fingerprint density at radius 2 is 2.07 bits per heavy atom. The van der Waals surface area contributed by atoms with Crippen molar-refractivity contribution in [3.8, 4) is 11.4 Å². The Bertz CT molecular complexity index is 1010. The Kier molecular flexibility index (Phi) is 4.79. The number of hydrogen-bond donors (Lipinski definition) is 2. The number of nitrogens with zero attached hydrogens (tertiary/aromatic N) is 5. The van der Waals surface area contributed by atoms with Crippen LogP contribution < -0.4 is 16.0 Å². The topological polar surface area (TPSA) is 102 Å². The van der Waals surface area contributed by atoms with Gasteiger partial charge in [-0.2, -0.15) is 0 Å². The summed E-state index contributed by atoms with van der Waals surface area (Å²) < 4.78 is 2.01. The lowest BCUT2D eigenvalue weighted by Crippen LogP contribution is -2.29. The Hall–Kier alpha value is -3.26. The highest BCUT2D eigenvalue weighted by Gasteiger charge is 2.21. The standard InChI is InChI=1S/C20H23N7O/c1-26-10-9-23-17(26)12-27(2)20-15-7-8-22-11-16(15)24-19(25-20)14-5-3-13(4-6-14)18(21)28/h3-6,9-10,22H,7-8,11-12H2,1-2H3,(H2,21,28). The van der Waals surface area contributed by atoms with Crippen molar-refractivity contribution in [2.24, 2.45) is 12.8 Å². The summed E-state index contributed by atoms with van der Waals surface area (Å²) in [6.45, 7) is 2.28. The van der Waals surface area contributed by atoms with E-state index in [2.05, 4.69) is 15.2 Å². The van der Waals surface area contributed by atoms with E-state index in [1.54, 1.807) is 18.3 Å². The maximum absolute atomic E-state index is 11.3. The SMILES string of the molecule is CN(Cc1nccn1C)c1nc(-c2ccc(C(N)=O)cc2)nc2c1CCNC2. The van der Waals surface area contributed by atoms with E-state index < -0.39 is 5.91 Å². The van der Waals surface area contributed by atoms with Gasteiger partial charge in [0, 0.05) is 49.7 Å². The summed E-state index contributed by atoms with van der Waals surface area (Å²) in [5.41, 5.74) is 8.85. The van der Waals surface area contributed by atoms with Crippen LogP contribution in [0.5, 0.6) is 0 Å². The molecule has 0 spiro atoms. The van der Waals surface area contributed by atoms with Crippen molar-refractivity contribution in [1.29, 1.82) is 0 Å². The normalized spacial score (nSPS) is 13.2. The Morgan fingerprint density at radius 1 is 1.29 bits per heavy atom. The van der Waals surface area contributed by atoms with E-state index in [4.69, 9.17) is 15.7 Å². The second kappa shape index (κ2) is 7.40. The molecule has 0 bridgehead atoms.